The molecule has 14 heteroatoms. The summed E-state index contributed by atoms with van der Waals surface area (Å²) >= 11 is 0. The van der Waals surface area contributed by atoms with Crippen LogP contribution < -0.4 is 15.9 Å². The van der Waals surface area contributed by atoms with Crippen LogP contribution in [0.5, 0.6) is 0 Å². The number of alkyl halides is 3. The Morgan fingerprint density at radius 3 is 2.40 bits per heavy atom. The van der Waals surface area contributed by atoms with Gasteiger partial charge in [0.05, 0.1) is 17.1 Å². The van der Waals surface area contributed by atoms with Crippen molar-refractivity contribution in [2.45, 2.75) is 31.2 Å². The van der Waals surface area contributed by atoms with Gasteiger partial charge in [-0.3, -0.25) is 14.3 Å². The number of carbonyl (C=O) groups excluding carboxylic acids is 2. The normalized spacial score (nSPS) is 17.9. The van der Waals surface area contributed by atoms with Crippen molar-refractivity contribution in [2.24, 2.45) is 4.99 Å². The Hall–Kier alpha value is -5.14. The van der Waals surface area contributed by atoms with E-state index in [1.54, 1.807) is 54.6 Å². The van der Waals surface area contributed by atoms with Gasteiger partial charge < -0.3 is 15.4 Å². The number of urea groups is 1. The lowest BCUT2D eigenvalue weighted by atomic mass is 10.0. The van der Waals surface area contributed by atoms with Crippen molar-refractivity contribution in [2.75, 3.05) is 24.5 Å². The van der Waals surface area contributed by atoms with Crippen LogP contribution in [0.4, 0.5) is 23.7 Å². The molecule has 0 spiro atoms. The van der Waals surface area contributed by atoms with Crippen LogP contribution in [-0.2, 0) is 4.79 Å². The summed E-state index contributed by atoms with van der Waals surface area (Å²) in [6.07, 6.45) is -4.22. The molecular weight excluding hydrogens is 567 g/mol. The number of rotatable bonds is 4. The number of aliphatic imine (C=N–C) groups is 1. The number of benzene rings is 2. The van der Waals surface area contributed by atoms with Gasteiger partial charge in [0, 0.05) is 36.5 Å². The van der Waals surface area contributed by atoms with Crippen molar-refractivity contribution in [3.05, 3.63) is 94.5 Å². The number of amides is 3. The van der Waals surface area contributed by atoms with E-state index in [-0.39, 0.29) is 36.4 Å². The van der Waals surface area contributed by atoms with Gasteiger partial charge in [-0.1, -0.05) is 48.5 Å². The summed E-state index contributed by atoms with van der Waals surface area (Å²) in [5.74, 6) is -0.895. The van der Waals surface area contributed by atoms with E-state index in [0.717, 1.165) is 4.73 Å². The molecule has 0 saturated carbocycles. The Labute approximate surface area is 242 Å². The number of nitrogens with zero attached hydrogens (tertiary/aromatic N) is 6. The molecule has 3 amide bonds. The lowest BCUT2D eigenvalue weighted by molar-refractivity contribution is -0.133. The summed E-state index contributed by atoms with van der Waals surface area (Å²) in [6.45, 7) is -1.16. The molecule has 222 valence electrons. The fourth-order valence-corrected chi connectivity index (χ4v) is 5.60. The van der Waals surface area contributed by atoms with Crippen LogP contribution in [-0.4, -0.2) is 74.0 Å². The molecule has 4 heterocycles. The second-order valence-electron chi connectivity index (χ2n) is 10.3. The highest BCUT2D eigenvalue weighted by molar-refractivity contribution is 6.20. The molecule has 6 rings (SSSR count). The zero-order valence-corrected chi connectivity index (χ0v) is 22.6. The van der Waals surface area contributed by atoms with Gasteiger partial charge in [-0.05, 0) is 31.0 Å². The fourth-order valence-electron chi connectivity index (χ4n) is 5.60. The highest BCUT2D eigenvalue weighted by Gasteiger charge is 2.40. The smallest absolute Gasteiger partial charge is 0.406 e. The maximum atomic E-state index is 13.7. The van der Waals surface area contributed by atoms with Gasteiger partial charge >= 0.3 is 17.9 Å². The van der Waals surface area contributed by atoms with Crippen LogP contribution in [0, 0.1) is 0 Å². The number of pyridine rings is 1. The molecule has 2 aromatic rings. The fraction of sp³-hybridized carbons (Fsp3) is 0.276. The molecule has 0 aliphatic carbocycles. The first-order valence-corrected chi connectivity index (χ1v) is 13.6. The van der Waals surface area contributed by atoms with Crippen molar-refractivity contribution in [1.29, 1.82) is 0 Å². The summed E-state index contributed by atoms with van der Waals surface area (Å²) in [4.78, 5) is 50.1. The predicted molar refractivity (Wildman–Crippen MR) is 149 cm³/mol. The first-order chi connectivity index (χ1) is 20.6. The number of aromatic nitrogens is 3. The third-order valence-electron chi connectivity index (χ3n) is 7.56. The van der Waals surface area contributed by atoms with E-state index in [0.29, 0.717) is 34.6 Å². The first kappa shape index (κ1) is 28.0. The maximum Gasteiger partial charge on any atom is 0.406 e. The number of para-hydroxylation sites is 1. The molecule has 1 saturated heterocycles. The SMILES string of the molecule is O=C(N[C@@H]1N=C(c2ccccc2)c2ccccc2N(CC(F)(F)F)C1=O)N1CCC(n2c3cccn(O)c-3nc2=O)CC1. The Balaban J connectivity index is 1.26. The Kier molecular flexibility index (Phi) is 7.12. The lowest BCUT2D eigenvalue weighted by Gasteiger charge is -2.33. The average Bonchev–Trinajstić information content (AvgIpc) is 3.29. The van der Waals surface area contributed by atoms with Crippen molar-refractivity contribution in [3.63, 3.8) is 0 Å². The average molecular weight is 594 g/mol. The molecule has 2 aromatic carbocycles. The molecule has 1 atom stereocenters. The molecule has 0 bridgehead atoms. The number of carbonyl (C=O) groups is 2. The molecule has 0 aromatic heterocycles. The lowest BCUT2D eigenvalue weighted by Crippen LogP contribution is -2.54. The first-order valence-electron chi connectivity index (χ1n) is 13.6. The van der Waals surface area contributed by atoms with Crippen molar-refractivity contribution in [3.8, 4) is 11.5 Å². The number of likely N-dealkylation sites (tertiary alicyclic amines) is 1. The van der Waals surface area contributed by atoms with E-state index in [2.05, 4.69) is 15.3 Å². The number of hydrogen-bond acceptors (Lipinski definition) is 6. The van der Waals surface area contributed by atoms with Crippen LogP contribution in [0.3, 0.4) is 0 Å². The van der Waals surface area contributed by atoms with Gasteiger partial charge in [0.15, 0.2) is 5.82 Å². The Bertz CT molecular complexity index is 1730. The topological polar surface area (TPSA) is 125 Å². The van der Waals surface area contributed by atoms with E-state index in [1.165, 1.54) is 27.8 Å². The summed E-state index contributed by atoms with van der Waals surface area (Å²) in [6, 6.07) is 17.2. The standard InChI is InChI=1S/C29H26F3N7O4/c30-29(31,32)17-37-21-10-5-4-9-20(21)23(18-7-2-1-3-8-18)33-24(26(37)40)34-27(41)36-15-12-19(13-16-36)39-22-11-6-14-38(43)25(22)35-28(39)42/h1-11,14,19,24,43H,12-13,15-17H2,(H,34,41)/t24-/m0/s1. The zero-order valence-electron chi connectivity index (χ0n) is 22.6. The Morgan fingerprint density at radius 2 is 1.67 bits per heavy atom. The van der Waals surface area contributed by atoms with Gasteiger partial charge in [-0.25, -0.2) is 14.6 Å². The summed E-state index contributed by atoms with van der Waals surface area (Å²) in [5.41, 5.74) is 1.14. The van der Waals surface area contributed by atoms with Gasteiger partial charge in [-0.2, -0.15) is 22.9 Å². The van der Waals surface area contributed by atoms with Crippen LogP contribution in [0.1, 0.15) is 30.0 Å². The minimum absolute atomic E-state index is 0.0372. The molecule has 11 nitrogen and oxygen atoms in total. The molecule has 0 unspecified atom stereocenters. The number of hydrogen-bond donors (Lipinski definition) is 2. The number of piperidine rings is 1. The van der Waals surface area contributed by atoms with Crippen LogP contribution in [0.25, 0.3) is 11.5 Å². The Morgan fingerprint density at radius 1 is 0.977 bits per heavy atom. The number of halogens is 3. The zero-order chi connectivity index (χ0) is 30.3. The number of nitrogens with one attached hydrogen (secondary N) is 1. The quantitative estimate of drug-likeness (QED) is 0.351. The molecule has 43 heavy (non-hydrogen) atoms. The summed E-state index contributed by atoms with van der Waals surface area (Å²) < 4.78 is 43.3. The molecule has 4 aliphatic heterocycles. The van der Waals surface area contributed by atoms with Gasteiger partial charge in [0.25, 0.3) is 5.91 Å². The molecule has 2 N–H and O–H groups in total. The van der Waals surface area contributed by atoms with Gasteiger partial charge in [0.1, 0.15) is 6.54 Å². The highest BCUT2D eigenvalue weighted by Crippen LogP contribution is 2.32. The summed E-state index contributed by atoms with van der Waals surface area (Å²) in [5, 5.41) is 12.5. The maximum absolute atomic E-state index is 13.7. The van der Waals surface area contributed by atoms with Gasteiger partial charge in [0.2, 0.25) is 6.17 Å². The second-order valence-corrected chi connectivity index (χ2v) is 10.3. The van der Waals surface area contributed by atoms with Crippen molar-refractivity contribution in [1.82, 2.24) is 24.5 Å². The van der Waals surface area contributed by atoms with E-state index in [4.69, 9.17) is 0 Å². The van der Waals surface area contributed by atoms with E-state index < -0.39 is 36.5 Å². The number of fused-ring (bicyclic) bond motifs is 2. The van der Waals surface area contributed by atoms with Crippen LogP contribution >= 0.6 is 0 Å². The van der Waals surface area contributed by atoms with E-state index >= 15 is 0 Å². The van der Waals surface area contributed by atoms with Gasteiger partial charge in [-0.15, -0.1) is 0 Å². The number of anilines is 1. The number of imidazole rings is 1. The minimum Gasteiger partial charge on any atom is -0.427 e. The third-order valence-corrected chi connectivity index (χ3v) is 7.56. The molecule has 4 aliphatic rings. The van der Waals surface area contributed by atoms with Crippen LogP contribution in [0.15, 0.2) is 82.7 Å². The van der Waals surface area contributed by atoms with E-state index in [9.17, 15) is 32.8 Å². The third kappa shape index (κ3) is 5.43. The van der Waals surface area contributed by atoms with Crippen molar-refractivity contribution < 1.29 is 28.0 Å². The largest absolute Gasteiger partial charge is 0.427 e. The van der Waals surface area contributed by atoms with Crippen LogP contribution in [0.2, 0.25) is 0 Å². The highest BCUT2D eigenvalue weighted by atomic mass is 19.4. The number of benzodiazepines with no additional fused rings is 1. The van der Waals surface area contributed by atoms with Crippen molar-refractivity contribution >= 4 is 23.3 Å². The molecule has 1 fully saturated rings. The molecular formula is C29H26F3N7O4. The second kappa shape index (κ2) is 10.9. The monoisotopic (exact) mass is 593 g/mol. The molecule has 0 radical (unpaired) electrons. The minimum atomic E-state index is -4.70. The van der Waals surface area contributed by atoms with E-state index in [1.807, 2.05) is 0 Å². The predicted octanol–water partition coefficient (Wildman–Crippen LogP) is 3.51. The summed E-state index contributed by atoms with van der Waals surface area (Å²) in [7, 11) is 0.